The quantitative estimate of drug-likeness (QED) is 0.677. The molecule has 1 aromatic heterocycles. The van der Waals surface area contributed by atoms with E-state index in [4.69, 9.17) is 16.2 Å². The number of carbonyl (C=O) groups excluding carboxylic acids is 1. The molecule has 0 fully saturated rings. The van der Waals surface area contributed by atoms with E-state index in [2.05, 4.69) is 20.9 Å². The number of nitrogens with two attached hydrogens (primary N) is 2. The second-order valence-electron chi connectivity index (χ2n) is 6.07. The molecule has 0 saturated heterocycles. The monoisotopic (exact) mass is 444 g/mol. The van der Waals surface area contributed by atoms with Crippen LogP contribution in [0.25, 0.3) is 0 Å². The molecule has 1 heterocycles. The Morgan fingerprint density at radius 2 is 2.04 bits per heavy atom. The van der Waals surface area contributed by atoms with E-state index in [0.717, 1.165) is 12.1 Å². The summed E-state index contributed by atoms with van der Waals surface area (Å²) in [6.45, 7) is 3.03. The third-order valence-electron chi connectivity index (χ3n) is 3.84. The third kappa shape index (κ3) is 4.51. The van der Waals surface area contributed by atoms with Crippen LogP contribution in [0.5, 0.6) is 5.88 Å². The maximum absolute atomic E-state index is 13.8. The molecule has 1 amide bonds. The molecule has 0 saturated carbocycles. The van der Waals surface area contributed by atoms with Crippen LogP contribution in [0.3, 0.4) is 0 Å². The van der Waals surface area contributed by atoms with Gasteiger partial charge in [-0.2, -0.15) is 4.98 Å². The fourth-order valence-corrected chi connectivity index (χ4v) is 2.88. The zero-order chi connectivity index (χ0) is 20.3. The van der Waals surface area contributed by atoms with Gasteiger partial charge in [0.15, 0.2) is 0 Å². The van der Waals surface area contributed by atoms with Crippen LogP contribution in [-0.2, 0) is 11.4 Å². The van der Waals surface area contributed by atoms with Gasteiger partial charge in [-0.15, -0.1) is 0 Å². The molecule has 2 aromatic rings. The van der Waals surface area contributed by atoms with Crippen LogP contribution in [0.15, 0.2) is 27.5 Å². The topological polar surface area (TPSA) is 113 Å². The van der Waals surface area contributed by atoms with Crippen molar-refractivity contribution < 1.29 is 18.3 Å². The van der Waals surface area contributed by atoms with E-state index in [1.54, 1.807) is 13.8 Å². The molecule has 4 N–H and O–H groups in total. The van der Waals surface area contributed by atoms with Gasteiger partial charge in [0.25, 0.3) is 5.56 Å². The zero-order valence-electron chi connectivity index (χ0n) is 14.7. The van der Waals surface area contributed by atoms with Gasteiger partial charge in [0.05, 0.1) is 0 Å². The summed E-state index contributed by atoms with van der Waals surface area (Å²) in [5.41, 5.74) is 10.6. The zero-order valence-corrected chi connectivity index (χ0v) is 16.3. The van der Waals surface area contributed by atoms with E-state index in [1.165, 1.54) is 10.6 Å². The van der Waals surface area contributed by atoms with Crippen molar-refractivity contribution in [1.29, 1.82) is 0 Å². The van der Waals surface area contributed by atoms with E-state index in [0.29, 0.717) is 0 Å². The molecule has 2 rings (SSSR count). The standard InChI is InChI=1S/C17H19BrF2N4O3/c1-8(2)24-15(11(6-21)14(22)25)23-16(13(18)17(24)26)27-7-9-3-4-10(19)5-12(9)20/h3-5,8,11H,6-7,21H2,1-2H3,(H2,22,25). The number of carbonyl (C=O) groups is 1. The summed E-state index contributed by atoms with van der Waals surface area (Å²) in [6, 6.07) is 2.71. The third-order valence-corrected chi connectivity index (χ3v) is 4.52. The van der Waals surface area contributed by atoms with Crippen LogP contribution in [0.1, 0.15) is 37.2 Å². The van der Waals surface area contributed by atoms with Gasteiger partial charge in [-0.1, -0.05) is 0 Å². The van der Waals surface area contributed by atoms with Gasteiger partial charge in [-0.25, -0.2) is 8.78 Å². The Hall–Kier alpha value is -2.33. The summed E-state index contributed by atoms with van der Waals surface area (Å²) >= 11 is 3.12. The first-order chi connectivity index (χ1) is 12.7. The minimum absolute atomic E-state index is 0.00251. The Bertz CT molecular complexity index is 918. The predicted molar refractivity (Wildman–Crippen MR) is 98.3 cm³/mol. The van der Waals surface area contributed by atoms with Crippen molar-refractivity contribution in [3.05, 3.63) is 56.0 Å². The Labute approximate surface area is 162 Å². The highest BCUT2D eigenvalue weighted by Crippen LogP contribution is 2.25. The van der Waals surface area contributed by atoms with E-state index >= 15 is 0 Å². The molecule has 7 nitrogen and oxygen atoms in total. The van der Waals surface area contributed by atoms with Gasteiger partial charge < -0.3 is 16.2 Å². The van der Waals surface area contributed by atoms with Crippen molar-refractivity contribution >= 4 is 21.8 Å². The van der Waals surface area contributed by atoms with Crippen molar-refractivity contribution in [3.8, 4) is 5.88 Å². The molecule has 0 spiro atoms. The number of nitrogens with zero attached hydrogens (tertiary/aromatic N) is 2. The first kappa shape index (κ1) is 21.0. The Kier molecular flexibility index (Phi) is 6.66. The fraction of sp³-hybridized carbons (Fsp3) is 0.353. The smallest absolute Gasteiger partial charge is 0.272 e. The molecule has 0 aliphatic carbocycles. The number of rotatable bonds is 7. The van der Waals surface area contributed by atoms with Gasteiger partial charge in [0, 0.05) is 24.2 Å². The number of amides is 1. The Balaban J connectivity index is 2.49. The molecule has 1 atom stereocenters. The van der Waals surface area contributed by atoms with E-state index < -0.39 is 29.0 Å². The van der Waals surface area contributed by atoms with Crippen LogP contribution in [0.4, 0.5) is 8.78 Å². The first-order valence-electron chi connectivity index (χ1n) is 8.05. The largest absolute Gasteiger partial charge is 0.472 e. The molecule has 0 bridgehead atoms. The van der Waals surface area contributed by atoms with Crippen LogP contribution in [0.2, 0.25) is 0 Å². The summed E-state index contributed by atoms with van der Waals surface area (Å²) in [6.07, 6.45) is 0. The van der Waals surface area contributed by atoms with Gasteiger partial charge in [-0.3, -0.25) is 14.2 Å². The fourth-order valence-electron chi connectivity index (χ4n) is 2.48. The molecule has 146 valence electrons. The van der Waals surface area contributed by atoms with E-state index in [-0.39, 0.29) is 40.9 Å². The molecular formula is C17H19BrF2N4O3. The van der Waals surface area contributed by atoms with Crippen LogP contribution in [-0.4, -0.2) is 22.0 Å². The molecule has 1 aromatic carbocycles. The minimum Gasteiger partial charge on any atom is -0.472 e. The lowest BCUT2D eigenvalue weighted by Crippen LogP contribution is -2.36. The normalized spacial score (nSPS) is 12.3. The molecular weight excluding hydrogens is 426 g/mol. The van der Waals surface area contributed by atoms with Crippen molar-refractivity contribution in [2.75, 3.05) is 6.54 Å². The lowest BCUT2D eigenvalue weighted by molar-refractivity contribution is -0.119. The van der Waals surface area contributed by atoms with Crippen molar-refractivity contribution in [3.63, 3.8) is 0 Å². The second-order valence-corrected chi connectivity index (χ2v) is 6.87. The van der Waals surface area contributed by atoms with Gasteiger partial charge in [0.1, 0.15) is 34.5 Å². The van der Waals surface area contributed by atoms with Crippen LogP contribution >= 0.6 is 15.9 Å². The Morgan fingerprint density at radius 3 is 2.56 bits per heavy atom. The van der Waals surface area contributed by atoms with Crippen molar-refractivity contribution in [1.82, 2.24) is 9.55 Å². The van der Waals surface area contributed by atoms with E-state index in [9.17, 15) is 18.4 Å². The molecule has 0 radical (unpaired) electrons. The number of hydrogen-bond donors (Lipinski definition) is 2. The average molecular weight is 445 g/mol. The Morgan fingerprint density at radius 1 is 1.37 bits per heavy atom. The van der Waals surface area contributed by atoms with Gasteiger partial charge >= 0.3 is 0 Å². The van der Waals surface area contributed by atoms with E-state index in [1.807, 2.05) is 0 Å². The first-order valence-corrected chi connectivity index (χ1v) is 8.84. The highest BCUT2D eigenvalue weighted by atomic mass is 79.9. The number of benzene rings is 1. The number of primary amides is 1. The lowest BCUT2D eigenvalue weighted by atomic mass is 10.1. The molecule has 10 heteroatoms. The summed E-state index contributed by atoms with van der Waals surface area (Å²) in [5.74, 6) is -3.34. The van der Waals surface area contributed by atoms with Crippen LogP contribution in [0, 0.1) is 11.6 Å². The molecule has 27 heavy (non-hydrogen) atoms. The maximum atomic E-state index is 13.8. The molecule has 0 aliphatic rings. The van der Waals surface area contributed by atoms with Gasteiger partial charge in [-0.05, 0) is 41.9 Å². The van der Waals surface area contributed by atoms with Crippen molar-refractivity contribution in [2.24, 2.45) is 11.5 Å². The van der Waals surface area contributed by atoms with Gasteiger partial charge in [0.2, 0.25) is 11.8 Å². The summed E-state index contributed by atoms with van der Waals surface area (Å²) < 4.78 is 33.5. The minimum atomic E-state index is -1.00. The summed E-state index contributed by atoms with van der Waals surface area (Å²) in [4.78, 5) is 28.6. The highest BCUT2D eigenvalue weighted by Gasteiger charge is 2.27. The summed E-state index contributed by atoms with van der Waals surface area (Å²) in [7, 11) is 0. The number of ether oxygens (including phenoxy) is 1. The summed E-state index contributed by atoms with van der Waals surface area (Å²) in [5, 5.41) is 0. The highest BCUT2D eigenvalue weighted by molar-refractivity contribution is 9.10. The second kappa shape index (κ2) is 8.57. The predicted octanol–water partition coefficient (Wildman–Crippen LogP) is 1.97. The number of halogens is 3. The SMILES string of the molecule is CC(C)n1c(C(CN)C(N)=O)nc(OCc2ccc(F)cc2F)c(Br)c1=O. The molecule has 0 aliphatic heterocycles. The average Bonchev–Trinajstić information content (AvgIpc) is 2.57. The maximum Gasteiger partial charge on any atom is 0.272 e. The number of aromatic nitrogens is 2. The van der Waals surface area contributed by atoms with Crippen LogP contribution < -0.4 is 21.8 Å². The lowest BCUT2D eigenvalue weighted by Gasteiger charge is -2.21. The van der Waals surface area contributed by atoms with Crippen molar-refractivity contribution in [2.45, 2.75) is 32.4 Å². The number of hydrogen-bond acceptors (Lipinski definition) is 5. The molecule has 1 unspecified atom stereocenters.